The van der Waals surface area contributed by atoms with Crippen molar-refractivity contribution in [1.29, 1.82) is 0 Å². The van der Waals surface area contributed by atoms with E-state index < -0.39 is 0 Å². The van der Waals surface area contributed by atoms with Gasteiger partial charge < -0.3 is 0 Å². The number of hydrogen-bond donors (Lipinski definition) is 0. The Hall–Kier alpha value is -3.03. The number of fused-ring (bicyclic) bond motifs is 1. The van der Waals surface area contributed by atoms with Gasteiger partial charge in [0.1, 0.15) is 5.82 Å². The number of aryl methyl sites for hydroxylation is 1. The number of benzene rings is 3. The van der Waals surface area contributed by atoms with Crippen LogP contribution in [0.2, 0.25) is 0 Å². The molecule has 0 aliphatic heterocycles. The summed E-state index contributed by atoms with van der Waals surface area (Å²) >= 11 is 6.98. The van der Waals surface area contributed by atoms with Gasteiger partial charge in [0, 0.05) is 15.7 Å². The maximum atomic E-state index is 13.7. The maximum Gasteiger partial charge on any atom is 0.286 e. The Balaban J connectivity index is 1.88. The van der Waals surface area contributed by atoms with Crippen molar-refractivity contribution in [2.24, 2.45) is 0 Å². The van der Waals surface area contributed by atoms with Gasteiger partial charge in [-0.2, -0.15) is 0 Å². The molecule has 0 radical (unpaired) electrons. The average Bonchev–Trinajstić information content (AvgIpc) is 3.12. The van der Waals surface area contributed by atoms with Gasteiger partial charge >= 0.3 is 0 Å². The van der Waals surface area contributed by atoms with Crippen LogP contribution in [0, 0.1) is 6.92 Å². The van der Waals surface area contributed by atoms with Crippen LogP contribution in [0.5, 0.6) is 0 Å². The minimum absolute atomic E-state index is 0.224. The van der Waals surface area contributed by atoms with Crippen LogP contribution in [0.25, 0.3) is 33.9 Å². The summed E-state index contributed by atoms with van der Waals surface area (Å²) in [4.78, 5) is 23.2. The van der Waals surface area contributed by atoms with Gasteiger partial charge in [-0.15, -0.1) is 0 Å². The van der Waals surface area contributed by atoms with Gasteiger partial charge in [-0.3, -0.25) is 13.9 Å². The third kappa shape index (κ3) is 3.54. The molecule has 0 bridgehead atoms. The Bertz CT molecular complexity index is 1450. The topological polar surface area (TPSA) is 52.7 Å². The first kappa shape index (κ1) is 19.9. The van der Waals surface area contributed by atoms with E-state index in [2.05, 4.69) is 36.8 Å². The Morgan fingerprint density at radius 1 is 0.742 bits per heavy atom. The number of hydrogen-bond acceptors (Lipinski definition) is 3. The van der Waals surface area contributed by atoms with Crippen LogP contribution >= 0.6 is 31.9 Å². The third-order valence-electron chi connectivity index (χ3n) is 5.05. The predicted octanol–water partition coefficient (Wildman–Crippen LogP) is 6.07. The summed E-state index contributed by atoms with van der Waals surface area (Å²) in [5.41, 5.74) is 4.17. The smallest absolute Gasteiger partial charge is 0.271 e. The number of halogens is 2. The van der Waals surface area contributed by atoms with E-state index in [-0.39, 0.29) is 5.56 Å². The van der Waals surface area contributed by atoms with E-state index in [1.165, 1.54) is 0 Å². The Morgan fingerprint density at radius 2 is 1.39 bits per heavy atom. The molecule has 3 aromatic carbocycles. The highest BCUT2D eigenvalue weighted by Gasteiger charge is 2.21. The molecule has 152 valence electrons. The van der Waals surface area contributed by atoms with E-state index >= 15 is 0 Å². The molecule has 5 nitrogen and oxygen atoms in total. The zero-order chi connectivity index (χ0) is 21.5. The van der Waals surface area contributed by atoms with E-state index in [9.17, 15) is 4.79 Å². The largest absolute Gasteiger partial charge is 0.286 e. The Labute approximate surface area is 195 Å². The van der Waals surface area contributed by atoms with E-state index in [4.69, 9.17) is 4.98 Å². The maximum absolute atomic E-state index is 13.7. The highest BCUT2D eigenvalue weighted by molar-refractivity contribution is 9.10. The van der Waals surface area contributed by atoms with Gasteiger partial charge in [0.2, 0.25) is 0 Å². The van der Waals surface area contributed by atoms with Crippen LogP contribution in [0.4, 0.5) is 0 Å². The molecule has 0 atom stereocenters. The quantitative estimate of drug-likeness (QED) is 0.263. The fraction of sp³-hybridized carbons (Fsp3) is 0.0417. The predicted molar refractivity (Wildman–Crippen MR) is 130 cm³/mol. The molecule has 0 aliphatic carbocycles. The fourth-order valence-corrected chi connectivity index (χ4v) is 4.33. The van der Waals surface area contributed by atoms with Crippen molar-refractivity contribution in [3.05, 3.63) is 104 Å². The first-order chi connectivity index (χ1) is 15.0. The minimum Gasteiger partial charge on any atom is -0.271 e. The number of nitrogens with zero attached hydrogens (tertiary/aromatic N) is 4. The summed E-state index contributed by atoms with van der Waals surface area (Å²) in [6.45, 7) is 2.03. The molecule has 0 amide bonds. The van der Waals surface area contributed by atoms with Crippen molar-refractivity contribution in [3.8, 4) is 22.8 Å². The first-order valence-corrected chi connectivity index (χ1v) is 11.2. The average molecular weight is 536 g/mol. The first-order valence-electron chi connectivity index (χ1n) is 9.62. The monoisotopic (exact) mass is 534 g/mol. The van der Waals surface area contributed by atoms with E-state index in [0.717, 1.165) is 27.0 Å². The summed E-state index contributed by atoms with van der Waals surface area (Å²) in [5, 5.41) is 0. The van der Waals surface area contributed by atoms with Crippen molar-refractivity contribution in [1.82, 2.24) is 19.1 Å². The third-order valence-corrected chi connectivity index (χ3v) is 6.11. The van der Waals surface area contributed by atoms with Crippen molar-refractivity contribution >= 4 is 43.0 Å². The second-order valence-corrected chi connectivity index (χ2v) is 8.77. The molecule has 5 rings (SSSR count). The molecule has 2 aromatic heterocycles. The molecule has 0 aliphatic rings. The molecule has 2 heterocycles. The van der Waals surface area contributed by atoms with Crippen LogP contribution in [0.3, 0.4) is 0 Å². The highest BCUT2D eigenvalue weighted by atomic mass is 79.9. The highest BCUT2D eigenvalue weighted by Crippen LogP contribution is 2.27. The number of aromatic nitrogens is 4. The van der Waals surface area contributed by atoms with Crippen molar-refractivity contribution in [3.63, 3.8) is 0 Å². The van der Waals surface area contributed by atoms with E-state index in [0.29, 0.717) is 21.7 Å². The number of para-hydroxylation sites is 1. The standard InChI is InChI=1S/C24H16Br2N4O/c1-15-7-9-16(10-8-15)21-28-22-20(23(31)29(21)19-13-11-17(25)12-14-19)27-24(26)30(22)18-5-3-2-4-6-18/h2-14H,1H3. The molecule has 0 spiro atoms. The summed E-state index contributed by atoms with van der Waals surface area (Å²) in [6, 6.07) is 25.3. The van der Waals surface area contributed by atoms with Crippen LogP contribution in [0.15, 0.2) is 92.9 Å². The molecule has 0 saturated carbocycles. The molecule has 0 fully saturated rings. The van der Waals surface area contributed by atoms with Crippen molar-refractivity contribution in [2.45, 2.75) is 6.92 Å². The second-order valence-electron chi connectivity index (χ2n) is 7.14. The number of rotatable bonds is 3. The fourth-order valence-electron chi connectivity index (χ4n) is 3.52. The summed E-state index contributed by atoms with van der Waals surface area (Å²) in [6.07, 6.45) is 0. The molecular weight excluding hydrogens is 520 g/mol. The Kier molecular flexibility index (Phi) is 5.08. The summed E-state index contributed by atoms with van der Waals surface area (Å²) in [7, 11) is 0. The van der Waals surface area contributed by atoms with Crippen LogP contribution in [0.1, 0.15) is 5.56 Å². The molecule has 31 heavy (non-hydrogen) atoms. The van der Waals surface area contributed by atoms with Crippen LogP contribution < -0.4 is 5.56 Å². The van der Waals surface area contributed by atoms with Crippen LogP contribution in [-0.4, -0.2) is 19.1 Å². The molecule has 0 saturated heterocycles. The SMILES string of the molecule is Cc1ccc(-c2nc3c(nc(Br)n3-c3ccccc3)c(=O)n2-c2ccc(Br)cc2)cc1. The summed E-state index contributed by atoms with van der Waals surface area (Å²) < 4.78 is 4.93. The van der Waals surface area contributed by atoms with E-state index in [1.54, 1.807) is 4.57 Å². The van der Waals surface area contributed by atoms with Gasteiger partial charge in [0.05, 0.1) is 5.69 Å². The lowest BCUT2D eigenvalue weighted by atomic mass is 10.1. The molecular formula is C24H16Br2N4O. The normalized spacial score (nSPS) is 11.2. The summed E-state index contributed by atoms with van der Waals surface area (Å²) in [5.74, 6) is 0.560. The van der Waals surface area contributed by atoms with Crippen molar-refractivity contribution in [2.75, 3.05) is 0 Å². The van der Waals surface area contributed by atoms with Crippen molar-refractivity contribution < 1.29 is 0 Å². The lowest BCUT2D eigenvalue weighted by Gasteiger charge is -2.14. The lowest BCUT2D eigenvalue weighted by molar-refractivity contribution is 0.959. The Morgan fingerprint density at radius 3 is 2.06 bits per heavy atom. The van der Waals surface area contributed by atoms with Gasteiger partial charge in [0.15, 0.2) is 15.9 Å². The molecule has 5 aromatic rings. The van der Waals surface area contributed by atoms with Crippen LogP contribution in [-0.2, 0) is 0 Å². The lowest BCUT2D eigenvalue weighted by Crippen LogP contribution is -2.22. The number of imidazole rings is 1. The molecule has 7 heteroatoms. The van der Waals surface area contributed by atoms with Gasteiger partial charge in [0.25, 0.3) is 5.56 Å². The molecule has 0 N–H and O–H groups in total. The van der Waals surface area contributed by atoms with Gasteiger partial charge in [-0.25, -0.2) is 9.97 Å². The van der Waals surface area contributed by atoms with Gasteiger partial charge in [-0.1, -0.05) is 64.0 Å². The zero-order valence-corrected chi connectivity index (χ0v) is 19.6. The molecule has 0 unspecified atom stereocenters. The minimum atomic E-state index is -0.224. The van der Waals surface area contributed by atoms with Gasteiger partial charge in [-0.05, 0) is 59.3 Å². The zero-order valence-electron chi connectivity index (χ0n) is 16.5. The van der Waals surface area contributed by atoms with E-state index in [1.807, 2.05) is 90.4 Å². The second kappa shape index (κ2) is 7.90.